The Morgan fingerprint density at radius 3 is 2.86 bits per heavy atom. The molecule has 0 aliphatic rings. The van der Waals surface area contributed by atoms with Crippen molar-refractivity contribution in [1.29, 1.82) is 0 Å². The number of amides is 1. The maximum atomic E-state index is 11.5. The molecule has 0 saturated carbocycles. The van der Waals surface area contributed by atoms with Gasteiger partial charge >= 0.3 is 0 Å². The van der Waals surface area contributed by atoms with Crippen molar-refractivity contribution >= 4 is 5.91 Å². The molecule has 14 heavy (non-hydrogen) atoms. The van der Waals surface area contributed by atoms with Crippen molar-refractivity contribution in [3.8, 4) is 0 Å². The maximum Gasteiger partial charge on any atom is 0.270 e. The number of nitrogens with one attached hydrogen (secondary N) is 1. The van der Waals surface area contributed by atoms with Crippen LogP contribution < -0.4 is 11.1 Å². The van der Waals surface area contributed by atoms with Gasteiger partial charge in [0.05, 0.1) is 5.69 Å². The van der Waals surface area contributed by atoms with Crippen LogP contribution in [0.15, 0.2) is 18.2 Å². The minimum Gasteiger partial charge on any atom is -0.349 e. The molecule has 76 valence electrons. The van der Waals surface area contributed by atoms with Crippen molar-refractivity contribution in [2.24, 2.45) is 5.73 Å². The van der Waals surface area contributed by atoms with Gasteiger partial charge in [0.15, 0.2) is 0 Å². The lowest BCUT2D eigenvalue weighted by Gasteiger charge is -2.07. The van der Waals surface area contributed by atoms with Crippen molar-refractivity contribution < 1.29 is 4.79 Å². The smallest absolute Gasteiger partial charge is 0.270 e. The second-order valence-corrected chi connectivity index (χ2v) is 3.35. The minimum absolute atomic E-state index is 0.117. The van der Waals surface area contributed by atoms with Gasteiger partial charge < -0.3 is 11.1 Å². The van der Waals surface area contributed by atoms with Crippen molar-refractivity contribution in [2.75, 3.05) is 0 Å². The number of carbonyl (C=O) groups is 1. The molecular formula is C10H15N3O. The Morgan fingerprint density at radius 2 is 2.29 bits per heavy atom. The van der Waals surface area contributed by atoms with Crippen molar-refractivity contribution in [3.05, 3.63) is 29.6 Å². The fourth-order valence-corrected chi connectivity index (χ4v) is 1.06. The van der Waals surface area contributed by atoms with Gasteiger partial charge in [-0.2, -0.15) is 0 Å². The van der Waals surface area contributed by atoms with E-state index in [-0.39, 0.29) is 11.9 Å². The van der Waals surface area contributed by atoms with Gasteiger partial charge in [0, 0.05) is 12.6 Å². The Hall–Kier alpha value is -1.42. The van der Waals surface area contributed by atoms with E-state index in [2.05, 4.69) is 10.3 Å². The first-order valence-electron chi connectivity index (χ1n) is 4.60. The van der Waals surface area contributed by atoms with Crippen LogP contribution in [0, 0.1) is 0 Å². The van der Waals surface area contributed by atoms with E-state index in [9.17, 15) is 4.79 Å². The molecule has 0 saturated heterocycles. The highest BCUT2D eigenvalue weighted by atomic mass is 16.1. The molecule has 0 fully saturated rings. The molecule has 1 rings (SSSR count). The average Bonchev–Trinajstić information content (AvgIpc) is 2.17. The van der Waals surface area contributed by atoms with E-state index in [4.69, 9.17) is 5.73 Å². The van der Waals surface area contributed by atoms with E-state index in [1.165, 1.54) is 0 Å². The van der Waals surface area contributed by atoms with Gasteiger partial charge in [-0.3, -0.25) is 4.79 Å². The van der Waals surface area contributed by atoms with Crippen LogP contribution in [-0.4, -0.2) is 16.9 Å². The van der Waals surface area contributed by atoms with Crippen LogP contribution >= 0.6 is 0 Å². The van der Waals surface area contributed by atoms with Crippen LogP contribution in [0.3, 0.4) is 0 Å². The minimum atomic E-state index is -0.157. The van der Waals surface area contributed by atoms with Gasteiger partial charge in [-0.25, -0.2) is 4.98 Å². The second kappa shape index (κ2) is 4.72. The van der Waals surface area contributed by atoms with E-state index < -0.39 is 0 Å². The van der Waals surface area contributed by atoms with E-state index in [1.807, 2.05) is 13.8 Å². The summed E-state index contributed by atoms with van der Waals surface area (Å²) in [5.74, 6) is -0.157. The third-order valence-electron chi connectivity index (χ3n) is 1.67. The first-order chi connectivity index (χ1) is 6.63. The van der Waals surface area contributed by atoms with E-state index in [1.54, 1.807) is 18.2 Å². The number of hydrogen-bond acceptors (Lipinski definition) is 3. The van der Waals surface area contributed by atoms with Crippen LogP contribution in [0.5, 0.6) is 0 Å². The Bertz CT molecular complexity index is 323. The zero-order chi connectivity index (χ0) is 10.6. The lowest BCUT2D eigenvalue weighted by molar-refractivity contribution is 0.0938. The number of carbonyl (C=O) groups excluding carboxylic acids is 1. The van der Waals surface area contributed by atoms with Crippen molar-refractivity contribution in [3.63, 3.8) is 0 Å². The molecule has 0 atom stereocenters. The Balaban J connectivity index is 2.79. The quantitative estimate of drug-likeness (QED) is 0.741. The summed E-state index contributed by atoms with van der Waals surface area (Å²) >= 11 is 0. The first-order valence-corrected chi connectivity index (χ1v) is 4.60. The molecule has 0 unspecified atom stereocenters. The summed E-state index contributed by atoms with van der Waals surface area (Å²) in [5, 5.41) is 2.77. The second-order valence-electron chi connectivity index (χ2n) is 3.35. The fourth-order valence-electron chi connectivity index (χ4n) is 1.06. The summed E-state index contributed by atoms with van der Waals surface area (Å²) in [7, 11) is 0. The Labute approximate surface area is 83.5 Å². The number of aromatic nitrogens is 1. The van der Waals surface area contributed by atoms with Gasteiger partial charge in [0.2, 0.25) is 0 Å². The first kappa shape index (κ1) is 10.7. The number of nitrogens with zero attached hydrogens (tertiary/aromatic N) is 1. The zero-order valence-corrected chi connectivity index (χ0v) is 8.45. The van der Waals surface area contributed by atoms with E-state index in [0.29, 0.717) is 12.2 Å². The van der Waals surface area contributed by atoms with Crippen molar-refractivity contribution in [1.82, 2.24) is 10.3 Å². The van der Waals surface area contributed by atoms with Crippen LogP contribution in [0.2, 0.25) is 0 Å². The molecule has 0 radical (unpaired) electrons. The molecule has 1 amide bonds. The summed E-state index contributed by atoms with van der Waals surface area (Å²) in [6.45, 7) is 4.16. The maximum absolute atomic E-state index is 11.5. The van der Waals surface area contributed by atoms with Crippen molar-refractivity contribution in [2.45, 2.75) is 26.4 Å². The van der Waals surface area contributed by atoms with Gasteiger partial charge in [-0.15, -0.1) is 0 Å². The van der Waals surface area contributed by atoms with Gasteiger partial charge in [-0.05, 0) is 26.0 Å². The molecule has 0 aliphatic carbocycles. The molecule has 4 heteroatoms. The molecule has 1 heterocycles. The summed E-state index contributed by atoms with van der Waals surface area (Å²) in [4.78, 5) is 15.6. The highest BCUT2D eigenvalue weighted by molar-refractivity contribution is 5.92. The van der Waals surface area contributed by atoms with E-state index >= 15 is 0 Å². The Morgan fingerprint density at radius 1 is 1.57 bits per heavy atom. The molecule has 0 aromatic carbocycles. The normalized spacial score (nSPS) is 10.3. The number of nitrogens with two attached hydrogens (primary N) is 1. The molecular weight excluding hydrogens is 178 g/mol. The average molecular weight is 193 g/mol. The number of hydrogen-bond donors (Lipinski definition) is 2. The predicted molar refractivity (Wildman–Crippen MR) is 54.7 cm³/mol. The van der Waals surface area contributed by atoms with Gasteiger partial charge in [-0.1, -0.05) is 6.07 Å². The molecule has 0 aliphatic heterocycles. The summed E-state index contributed by atoms with van der Waals surface area (Å²) in [5.41, 5.74) is 6.57. The summed E-state index contributed by atoms with van der Waals surface area (Å²) in [6.07, 6.45) is 0. The van der Waals surface area contributed by atoms with Crippen LogP contribution in [-0.2, 0) is 6.54 Å². The fraction of sp³-hybridized carbons (Fsp3) is 0.400. The monoisotopic (exact) mass is 193 g/mol. The predicted octanol–water partition coefficient (Wildman–Crippen LogP) is 0.679. The largest absolute Gasteiger partial charge is 0.349 e. The SMILES string of the molecule is CC(C)NC(=O)c1cccc(CN)n1. The lowest BCUT2D eigenvalue weighted by Crippen LogP contribution is -2.30. The van der Waals surface area contributed by atoms with Crippen LogP contribution in [0.25, 0.3) is 0 Å². The molecule has 0 spiro atoms. The summed E-state index contributed by atoms with van der Waals surface area (Å²) < 4.78 is 0. The zero-order valence-electron chi connectivity index (χ0n) is 8.45. The topological polar surface area (TPSA) is 68.0 Å². The third-order valence-corrected chi connectivity index (χ3v) is 1.67. The standard InChI is InChI=1S/C10H15N3O/c1-7(2)12-10(14)9-5-3-4-8(6-11)13-9/h3-5,7H,6,11H2,1-2H3,(H,12,14). The van der Waals surface area contributed by atoms with Gasteiger partial charge in [0.1, 0.15) is 5.69 Å². The van der Waals surface area contributed by atoms with Gasteiger partial charge in [0.25, 0.3) is 5.91 Å². The number of pyridine rings is 1. The third kappa shape index (κ3) is 2.81. The van der Waals surface area contributed by atoms with E-state index in [0.717, 1.165) is 5.69 Å². The number of rotatable bonds is 3. The molecule has 1 aromatic heterocycles. The molecule has 1 aromatic rings. The molecule has 0 bridgehead atoms. The highest BCUT2D eigenvalue weighted by Crippen LogP contribution is 1.99. The highest BCUT2D eigenvalue weighted by Gasteiger charge is 2.07. The summed E-state index contributed by atoms with van der Waals surface area (Å²) in [6, 6.07) is 5.37. The Kier molecular flexibility index (Phi) is 3.59. The van der Waals surface area contributed by atoms with Crippen LogP contribution in [0.4, 0.5) is 0 Å². The molecule has 3 N–H and O–H groups in total. The lowest BCUT2D eigenvalue weighted by atomic mass is 10.2. The molecule has 4 nitrogen and oxygen atoms in total. The van der Waals surface area contributed by atoms with Crippen LogP contribution in [0.1, 0.15) is 30.0 Å².